The fourth-order valence-corrected chi connectivity index (χ4v) is 2.36. The van der Waals surface area contributed by atoms with E-state index in [-0.39, 0.29) is 5.78 Å². The van der Waals surface area contributed by atoms with E-state index in [1.54, 1.807) is 0 Å². The molecule has 0 aromatic heterocycles. The van der Waals surface area contributed by atoms with Crippen molar-refractivity contribution < 1.29 is 4.79 Å². The summed E-state index contributed by atoms with van der Waals surface area (Å²) in [5.41, 5.74) is 2.84. The third-order valence-electron chi connectivity index (χ3n) is 3.00. The minimum Gasteiger partial charge on any atom is -0.305 e. The normalized spacial score (nSPS) is 10.8. The molecule has 3 heteroatoms. The van der Waals surface area contributed by atoms with Gasteiger partial charge in [-0.2, -0.15) is 0 Å². The minimum absolute atomic E-state index is 0.118. The summed E-state index contributed by atoms with van der Waals surface area (Å²) in [5.74, 6) is 0.118. The molecule has 0 amide bonds. The predicted molar refractivity (Wildman–Crippen MR) is 83.3 cm³/mol. The van der Waals surface area contributed by atoms with Crippen molar-refractivity contribution in [2.75, 3.05) is 14.1 Å². The van der Waals surface area contributed by atoms with Gasteiger partial charge in [-0.25, -0.2) is 0 Å². The number of carbonyl (C=O) groups excluding carboxylic acids is 1. The summed E-state index contributed by atoms with van der Waals surface area (Å²) in [6.07, 6.45) is 0.381. The molecule has 0 radical (unpaired) electrons. The van der Waals surface area contributed by atoms with E-state index in [9.17, 15) is 4.79 Å². The molecule has 20 heavy (non-hydrogen) atoms. The van der Waals surface area contributed by atoms with Crippen LogP contribution in [0.25, 0.3) is 0 Å². The summed E-state index contributed by atoms with van der Waals surface area (Å²) in [7, 11) is 4.03. The van der Waals surface area contributed by atoms with Gasteiger partial charge in [-0.15, -0.1) is 0 Å². The zero-order chi connectivity index (χ0) is 14.5. The summed E-state index contributed by atoms with van der Waals surface area (Å²) in [4.78, 5) is 14.4. The maximum atomic E-state index is 12.3. The molecule has 104 valence electrons. The van der Waals surface area contributed by atoms with Gasteiger partial charge in [0.05, 0.1) is 0 Å². The van der Waals surface area contributed by atoms with Gasteiger partial charge in [-0.05, 0) is 43.4 Å². The van der Waals surface area contributed by atoms with E-state index in [0.29, 0.717) is 11.4 Å². The Morgan fingerprint density at radius 1 is 1.05 bits per heavy atom. The van der Waals surface area contributed by atoms with Crippen LogP contribution in [0.1, 0.15) is 21.5 Å². The Kier molecular flexibility index (Phi) is 4.94. The molecule has 0 atom stereocenters. The lowest BCUT2D eigenvalue weighted by molar-refractivity contribution is 0.0993. The zero-order valence-corrected chi connectivity index (χ0v) is 12.5. The molecule has 0 aliphatic rings. The Hall–Kier alpha value is -1.64. The molecule has 0 heterocycles. The molecule has 0 spiro atoms. The molecule has 0 aliphatic heterocycles. The quantitative estimate of drug-likeness (QED) is 0.779. The van der Waals surface area contributed by atoms with Crippen molar-refractivity contribution >= 4 is 17.4 Å². The molecule has 0 N–H and O–H groups in total. The average Bonchev–Trinajstić information content (AvgIpc) is 2.38. The number of nitrogens with zero attached hydrogens (tertiary/aromatic N) is 1. The van der Waals surface area contributed by atoms with Gasteiger partial charge in [0.1, 0.15) is 0 Å². The van der Waals surface area contributed by atoms with Crippen molar-refractivity contribution in [2.24, 2.45) is 0 Å². The summed E-state index contributed by atoms with van der Waals surface area (Å²) in [6.45, 7) is 0.832. The second-order valence-corrected chi connectivity index (χ2v) is 5.60. The van der Waals surface area contributed by atoms with Crippen LogP contribution in [0.3, 0.4) is 0 Å². The molecule has 0 bridgehead atoms. The fraction of sp³-hybridized carbons (Fsp3) is 0.235. The number of halogens is 1. The first-order chi connectivity index (χ1) is 9.54. The molecule has 0 aliphatic carbocycles. The second-order valence-electron chi connectivity index (χ2n) is 5.17. The van der Waals surface area contributed by atoms with E-state index in [2.05, 4.69) is 4.90 Å². The molecule has 2 aromatic carbocycles. The monoisotopic (exact) mass is 287 g/mol. The van der Waals surface area contributed by atoms with Crippen molar-refractivity contribution in [2.45, 2.75) is 13.0 Å². The first kappa shape index (κ1) is 14.8. The van der Waals surface area contributed by atoms with E-state index in [4.69, 9.17) is 11.6 Å². The summed E-state index contributed by atoms with van der Waals surface area (Å²) < 4.78 is 0. The van der Waals surface area contributed by atoms with Crippen molar-refractivity contribution in [3.8, 4) is 0 Å². The van der Waals surface area contributed by atoms with Crippen LogP contribution in [0, 0.1) is 0 Å². The zero-order valence-electron chi connectivity index (χ0n) is 11.8. The molecule has 2 nitrogen and oxygen atoms in total. The summed E-state index contributed by atoms with van der Waals surface area (Å²) >= 11 is 5.94. The highest BCUT2D eigenvalue weighted by atomic mass is 35.5. The van der Waals surface area contributed by atoms with Gasteiger partial charge < -0.3 is 4.90 Å². The van der Waals surface area contributed by atoms with Crippen LogP contribution in [0.5, 0.6) is 0 Å². The molecule has 0 saturated heterocycles. The fourth-order valence-electron chi connectivity index (χ4n) is 2.14. The molecule has 2 rings (SSSR count). The van der Waals surface area contributed by atoms with Gasteiger partial charge in [-0.1, -0.05) is 41.9 Å². The van der Waals surface area contributed by atoms with Crippen LogP contribution in [-0.4, -0.2) is 24.8 Å². The van der Waals surface area contributed by atoms with Crippen LogP contribution < -0.4 is 0 Å². The molecule has 0 fully saturated rings. The number of Topliss-reactive ketones (excluding diaryl/α,β-unsaturated/α-hetero) is 1. The summed E-state index contributed by atoms with van der Waals surface area (Å²) in [5, 5.41) is 0.664. The van der Waals surface area contributed by atoms with Crippen LogP contribution >= 0.6 is 11.6 Å². The molecule has 0 saturated carbocycles. The Labute approximate surface area is 125 Å². The van der Waals surface area contributed by atoms with Crippen molar-refractivity contribution in [1.82, 2.24) is 4.90 Å². The summed E-state index contributed by atoms with van der Waals surface area (Å²) in [6, 6.07) is 15.2. The number of hydrogen-bond donors (Lipinski definition) is 0. The lowest BCUT2D eigenvalue weighted by atomic mass is 10.0. The first-order valence-electron chi connectivity index (χ1n) is 6.56. The third-order valence-corrected chi connectivity index (χ3v) is 3.24. The predicted octanol–water partition coefficient (Wildman–Crippen LogP) is 3.83. The number of rotatable bonds is 5. The van der Waals surface area contributed by atoms with Crippen LogP contribution in [0.15, 0.2) is 48.5 Å². The topological polar surface area (TPSA) is 20.3 Å². The number of carbonyl (C=O) groups is 1. The standard InChI is InChI=1S/C17H18ClNO/c1-19(2)12-14-6-3-7-15(9-14)17(20)11-13-5-4-8-16(18)10-13/h3-10H,11-12H2,1-2H3. The molecular formula is C17H18ClNO. The van der Waals surface area contributed by atoms with Gasteiger partial charge in [0.15, 0.2) is 5.78 Å². The van der Waals surface area contributed by atoms with Crippen molar-refractivity contribution in [3.05, 3.63) is 70.2 Å². The molecular weight excluding hydrogens is 270 g/mol. The van der Waals surface area contributed by atoms with E-state index in [1.807, 2.05) is 62.6 Å². The smallest absolute Gasteiger partial charge is 0.167 e. The second kappa shape index (κ2) is 6.69. The molecule has 0 unspecified atom stereocenters. The van der Waals surface area contributed by atoms with E-state index in [0.717, 1.165) is 23.2 Å². The van der Waals surface area contributed by atoms with Gasteiger partial charge >= 0.3 is 0 Å². The van der Waals surface area contributed by atoms with E-state index in [1.165, 1.54) is 0 Å². The lowest BCUT2D eigenvalue weighted by Gasteiger charge is -2.10. The highest BCUT2D eigenvalue weighted by molar-refractivity contribution is 6.30. The van der Waals surface area contributed by atoms with Gasteiger partial charge in [0, 0.05) is 23.6 Å². The van der Waals surface area contributed by atoms with Crippen molar-refractivity contribution in [1.29, 1.82) is 0 Å². The number of benzene rings is 2. The van der Waals surface area contributed by atoms with Crippen LogP contribution in [-0.2, 0) is 13.0 Å². The van der Waals surface area contributed by atoms with Crippen LogP contribution in [0.2, 0.25) is 5.02 Å². The van der Waals surface area contributed by atoms with Crippen molar-refractivity contribution in [3.63, 3.8) is 0 Å². The number of ketones is 1. The number of hydrogen-bond acceptors (Lipinski definition) is 2. The lowest BCUT2D eigenvalue weighted by Crippen LogP contribution is -2.11. The Morgan fingerprint density at radius 3 is 2.45 bits per heavy atom. The highest BCUT2D eigenvalue weighted by Crippen LogP contribution is 2.14. The van der Waals surface area contributed by atoms with E-state index < -0.39 is 0 Å². The Balaban J connectivity index is 2.13. The van der Waals surface area contributed by atoms with Crippen LogP contribution in [0.4, 0.5) is 0 Å². The largest absolute Gasteiger partial charge is 0.305 e. The van der Waals surface area contributed by atoms with Gasteiger partial charge in [-0.3, -0.25) is 4.79 Å². The Bertz CT molecular complexity index is 607. The maximum Gasteiger partial charge on any atom is 0.167 e. The first-order valence-corrected chi connectivity index (χ1v) is 6.94. The highest BCUT2D eigenvalue weighted by Gasteiger charge is 2.08. The minimum atomic E-state index is 0.118. The van der Waals surface area contributed by atoms with Gasteiger partial charge in [0.2, 0.25) is 0 Å². The maximum absolute atomic E-state index is 12.3. The SMILES string of the molecule is CN(C)Cc1cccc(C(=O)Cc2cccc(Cl)c2)c1. The Morgan fingerprint density at radius 2 is 1.75 bits per heavy atom. The average molecular weight is 288 g/mol. The third kappa shape index (κ3) is 4.19. The van der Waals surface area contributed by atoms with E-state index >= 15 is 0 Å². The molecule has 2 aromatic rings. The van der Waals surface area contributed by atoms with Gasteiger partial charge in [0.25, 0.3) is 0 Å².